The van der Waals surface area contributed by atoms with Gasteiger partial charge in [-0.05, 0) is 25.7 Å². The van der Waals surface area contributed by atoms with Gasteiger partial charge < -0.3 is 19.0 Å². The molecule has 0 saturated carbocycles. The number of piperidine rings is 1. The number of hydrogen-bond acceptors (Lipinski definition) is 7. The van der Waals surface area contributed by atoms with Crippen LogP contribution in [0.3, 0.4) is 0 Å². The summed E-state index contributed by atoms with van der Waals surface area (Å²) in [6, 6.07) is 0. The van der Waals surface area contributed by atoms with Crippen molar-refractivity contribution in [3.63, 3.8) is 0 Å². The summed E-state index contributed by atoms with van der Waals surface area (Å²) in [7, 11) is 1.91. The Hall–Kier alpha value is -2.48. The van der Waals surface area contributed by atoms with Crippen LogP contribution in [0.4, 0.5) is 5.82 Å². The Morgan fingerprint density at radius 1 is 1.20 bits per heavy atom. The van der Waals surface area contributed by atoms with E-state index in [1.165, 1.54) is 0 Å². The average Bonchev–Trinajstić information content (AvgIpc) is 3.18. The molecule has 3 aromatic rings. The maximum absolute atomic E-state index is 10.6. The number of anilines is 1. The molecule has 0 bridgehead atoms. The lowest BCUT2D eigenvalue weighted by atomic mass is 9.90. The maximum Gasteiger partial charge on any atom is 0.252 e. The van der Waals surface area contributed by atoms with Gasteiger partial charge in [-0.3, -0.25) is 0 Å². The van der Waals surface area contributed by atoms with Crippen LogP contribution >= 0.6 is 0 Å². The molecule has 0 aromatic carbocycles. The molecule has 0 amide bonds. The van der Waals surface area contributed by atoms with Gasteiger partial charge in [0, 0.05) is 39.5 Å². The first-order valence-electron chi connectivity index (χ1n) is 8.55. The zero-order valence-electron chi connectivity index (χ0n) is 14.7. The highest BCUT2D eigenvalue weighted by molar-refractivity contribution is 5.82. The number of aromatic nitrogens is 5. The molecule has 1 aliphatic rings. The zero-order valence-corrected chi connectivity index (χ0v) is 14.7. The Balaban J connectivity index is 1.53. The molecule has 25 heavy (non-hydrogen) atoms. The second kappa shape index (κ2) is 6.11. The van der Waals surface area contributed by atoms with Crippen molar-refractivity contribution >= 4 is 17.0 Å². The van der Waals surface area contributed by atoms with Gasteiger partial charge in [0.2, 0.25) is 0 Å². The summed E-state index contributed by atoms with van der Waals surface area (Å²) in [6.45, 7) is 5.29. The molecular weight excluding hydrogens is 320 g/mol. The molecule has 1 saturated heterocycles. The SMILES string of the molecule is Cc1nc(N2CCC([C@@H](O)c3nccn3C)CC2)c2nc(C)oc2n1. The molecule has 1 N–H and O–H groups in total. The van der Waals surface area contributed by atoms with Crippen LogP contribution < -0.4 is 4.90 Å². The van der Waals surface area contributed by atoms with Crippen LogP contribution in [0.5, 0.6) is 0 Å². The Morgan fingerprint density at radius 2 is 1.96 bits per heavy atom. The van der Waals surface area contributed by atoms with Crippen molar-refractivity contribution in [1.82, 2.24) is 24.5 Å². The molecule has 3 aromatic heterocycles. The predicted octanol–water partition coefficient (Wildman–Crippen LogP) is 1.92. The van der Waals surface area contributed by atoms with E-state index < -0.39 is 6.10 Å². The van der Waals surface area contributed by atoms with Gasteiger partial charge in [-0.15, -0.1) is 0 Å². The van der Waals surface area contributed by atoms with E-state index in [4.69, 9.17) is 4.42 Å². The minimum Gasteiger partial charge on any atom is -0.422 e. The molecule has 4 rings (SSSR count). The lowest BCUT2D eigenvalue weighted by molar-refractivity contribution is 0.0824. The largest absolute Gasteiger partial charge is 0.422 e. The number of aliphatic hydroxyl groups is 1. The standard InChI is InChI=1S/C17H22N6O2/c1-10-19-15(13-17(20-10)25-11(2)21-13)23-7-4-12(5-8-23)14(24)16-18-6-9-22(16)3/h6,9,12,14,24H,4-5,7-8H2,1-3H3/t14-/m1/s1. The van der Waals surface area contributed by atoms with Gasteiger partial charge in [0.15, 0.2) is 17.2 Å². The van der Waals surface area contributed by atoms with Gasteiger partial charge in [-0.2, -0.15) is 4.98 Å². The molecule has 0 spiro atoms. The molecule has 0 radical (unpaired) electrons. The van der Waals surface area contributed by atoms with Crippen molar-refractivity contribution in [2.75, 3.05) is 18.0 Å². The molecule has 1 fully saturated rings. The molecule has 132 valence electrons. The van der Waals surface area contributed by atoms with Crippen LogP contribution in [0.1, 0.15) is 36.5 Å². The fourth-order valence-corrected chi connectivity index (χ4v) is 3.54. The van der Waals surface area contributed by atoms with Crippen LogP contribution in [0.2, 0.25) is 0 Å². The molecular formula is C17H22N6O2. The third kappa shape index (κ3) is 2.86. The summed E-state index contributed by atoms with van der Waals surface area (Å²) >= 11 is 0. The van der Waals surface area contributed by atoms with Crippen molar-refractivity contribution in [2.45, 2.75) is 32.8 Å². The lowest BCUT2D eigenvalue weighted by Crippen LogP contribution is -2.36. The summed E-state index contributed by atoms with van der Waals surface area (Å²) in [5.74, 6) is 3.01. The van der Waals surface area contributed by atoms with Gasteiger partial charge in [0.25, 0.3) is 5.71 Å². The fraction of sp³-hybridized carbons (Fsp3) is 0.529. The van der Waals surface area contributed by atoms with E-state index in [1.807, 2.05) is 31.7 Å². The third-order valence-electron chi connectivity index (χ3n) is 4.87. The van der Waals surface area contributed by atoms with Gasteiger partial charge >= 0.3 is 0 Å². The highest BCUT2D eigenvalue weighted by Crippen LogP contribution is 2.33. The first-order valence-corrected chi connectivity index (χ1v) is 8.55. The first kappa shape index (κ1) is 16.0. The average molecular weight is 342 g/mol. The van der Waals surface area contributed by atoms with E-state index in [-0.39, 0.29) is 5.92 Å². The molecule has 1 aliphatic heterocycles. The molecule has 8 nitrogen and oxygen atoms in total. The minimum atomic E-state index is -0.538. The minimum absolute atomic E-state index is 0.190. The van der Waals surface area contributed by atoms with Crippen molar-refractivity contribution in [3.8, 4) is 0 Å². The monoisotopic (exact) mass is 342 g/mol. The molecule has 0 unspecified atom stereocenters. The Morgan fingerprint density at radius 3 is 2.64 bits per heavy atom. The van der Waals surface area contributed by atoms with E-state index in [0.29, 0.717) is 22.9 Å². The van der Waals surface area contributed by atoms with Gasteiger partial charge in [0.05, 0.1) is 0 Å². The van der Waals surface area contributed by atoms with E-state index >= 15 is 0 Å². The topological polar surface area (TPSA) is 93.1 Å². The zero-order chi connectivity index (χ0) is 17.6. The number of fused-ring (bicyclic) bond motifs is 1. The number of hydrogen-bond donors (Lipinski definition) is 1. The first-order chi connectivity index (χ1) is 12.0. The Bertz CT molecular complexity index is 894. The number of imidazole rings is 1. The van der Waals surface area contributed by atoms with Crippen LogP contribution in [0, 0.1) is 19.8 Å². The molecule has 1 atom stereocenters. The van der Waals surface area contributed by atoms with Crippen LogP contribution in [0.15, 0.2) is 16.8 Å². The summed E-state index contributed by atoms with van der Waals surface area (Å²) in [5, 5.41) is 10.6. The molecule has 8 heteroatoms. The normalized spacial score (nSPS) is 17.4. The maximum atomic E-state index is 10.6. The van der Waals surface area contributed by atoms with Crippen LogP contribution in [-0.4, -0.2) is 42.7 Å². The van der Waals surface area contributed by atoms with Crippen LogP contribution in [0.25, 0.3) is 11.2 Å². The third-order valence-corrected chi connectivity index (χ3v) is 4.87. The van der Waals surface area contributed by atoms with Crippen molar-refractivity contribution in [1.29, 1.82) is 0 Å². The second-order valence-corrected chi connectivity index (χ2v) is 6.65. The number of nitrogens with zero attached hydrogens (tertiary/aromatic N) is 6. The smallest absolute Gasteiger partial charge is 0.252 e. The summed E-state index contributed by atoms with van der Waals surface area (Å²) in [6.07, 6.45) is 4.79. The van der Waals surface area contributed by atoms with E-state index in [0.717, 1.165) is 37.6 Å². The Kier molecular flexibility index (Phi) is 3.91. The van der Waals surface area contributed by atoms with Crippen molar-refractivity contribution in [3.05, 3.63) is 29.9 Å². The Labute approximate surface area is 145 Å². The summed E-state index contributed by atoms with van der Waals surface area (Å²) < 4.78 is 7.44. The predicted molar refractivity (Wildman–Crippen MR) is 92.2 cm³/mol. The van der Waals surface area contributed by atoms with Crippen molar-refractivity contribution < 1.29 is 9.52 Å². The van der Waals surface area contributed by atoms with E-state index in [1.54, 1.807) is 6.20 Å². The quantitative estimate of drug-likeness (QED) is 0.777. The molecule has 0 aliphatic carbocycles. The van der Waals surface area contributed by atoms with Gasteiger partial charge in [0.1, 0.15) is 17.8 Å². The second-order valence-electron chi connectivity index (χ2n) is 6.65. The number of aryl methyl sites for hydroxylation is 3. The highest BCUT2D eigenvalue weighted by Gasteiger charge is 2.30. The molecule has 4 heterocycles. The lowest BCUT2D eigenvalue weighted by Gasteiger charge is -2.34. The van der Waals surface area contributed by atoms with E-state index in [2.05, 4.69) is 24.8 Å². The summed E-state index contributed by atoms with van der Waals surface area (Å²) in [5.41, 5.74) is 1.25. The number of oxazole rings is 1. The van der Waals surface area contributed by atoms with Crippen LogP contribution in [-0.2, 0) is 7.05 Å². The van der Waals surface area contributed by atoms with Gasteiger partial charge in [-0.1, -0.05) is 0 Å². The van der Waals surface area contributed by atoms with Gasteiger partial charge in [-0.25, -0.2) is 15.0 Å². The number of rotatable bonds is 3. The fourth-order valence-electron chi connectivity index (χ4n) is 3.54. The number of aliphatic hydroxyl groups excluding tert-OH is 1. The highest BCUT2D eigenvalue weighted by atomic mass is 16.4. The summed E-state index contributed by atoms with van der Waals surface area (Å²) in [4.78, 5) is 19.8. The van der Waals surface area contributed by atoms with E-state index in [9.17, 15) is 5.11 Å². The van der Waals surface area contributed by atoms with Crippen molar-refractivity contribution in [2.24, 2.45) is 13.0 Å².